The molecule has 4 nitrogen and oxygen atoms in total. The number of hydrogen-bond acceptors (Lipinski definition) is 3. The summed E-state index contributed by atoms with van der Waals surface area (Å²) in [5.74, 6) is 0.561. The Hall–Kier alpha value is -0.370. The zero-order valence-corrected chi connectivity index (χ0v) is 16.6. The van der Waals surface area contributed by atoms with Crippen molar-refractivity contribution in [1.82, 2.24) is 10.3 Å². The molecule has 1 heterocycles. The van der Waals surface area contributed by atoms with Gasteiger partial charge in [-0.05, 0) is 19.8 Å². The molecule has 0 fully saturated rings. The second-order valence-corrected chi connectivity index (χ2v) is 6.26. The molecule has 1 aromatic heterocycles. The van der Waals surface area contributed by atoms with Gasteiger partial charge in [-0.3, -0.25) is 4.99 Å². The third kappa shape index (κ3) is 8.60. The van der Waals surface area contributed by atoms with Crippen LogP contribution in [0.4, 0.5) is 0 Å². The third-order valence-corrected chi connectivity index (χ3v) is 4.28. The van der Waals surface area contributed by atoms with E-state index in [0.29, 0.717) is 5.96 Å². The molecule has 21 heavy (non-hydrogen) atoms. The Balaban J connectivity index is 0.00000400. The van der Waals surface area contributed by atoms with E-state index in [2.05, 4.69) is 36.1 Å². The minimum atomic E-state index is 0. The van der Waals surface area contributed by atoms with Gasteiger partial charge in [0.1, 0.15) is 0 Å². The van der Waals surface area contributed by atoms with E-state index in [0.717, 1.165) is 32.4 Å². The van der Waals surface area contributed by atoms with Crippen LogP contribution in [0.25, 0.3) is 0 Å². The molecular weight excluding hydrogens is 395 g/mol. The van der Waals surface area contributed by atoms with Crippen molar-refractivity contribution < 1.29 is 0 Å². The lowest BCUT2D eigenvalue weighted by Crippen LogP contribution is -2.33. The van der Waals surface area contributed by atoms with Gasteiger partial charge in [-0.1, -0.05) is 33.1 Å². The maximum Gasteiger partial charge on any atom is 0.188 e. The third-order valence-electron chi connectivity index (χ3n) is 3.21. The number of aryl methyl sites for hydroxylation is 2. The number of halogens is 1. The molecule has 0 aliphatic heterocycles. The lowest BCUT2D eigenvalue weighted by Gasteiger charge is -2.04. The molecule has 0 saturated carbocycles. The highest BCUT2D eigenvalue weighted by Crippen LogP contribution is 2.17. The Morgan fingerprint density at radius 3 is 2.67 bits per heavy atom. The topological polar surface area (TPSA) is 63.3 Å². The molecule has 0 spiro atoms. The number of guanidine groups is 1. The van der Waals surface area contributed by atoms with Crippen LogP contribution < -0.4 is 11.1 Å². The fraction of sp³-hybridized carbons (Fsp3) is 0.733. The Kier molecular flexibility index (Phi) is 12.0. The van der Waals surface area contributed by atoms with E-state index in [9.17, 15) is 0 Å². The average Bonchev–Trinajstić information content (AvgIpc) is 2.79. The van der Waals surface area contributed by atoms with Crippen molar-refractivity contribution in [3.63, 3.8) is 0 Å². The fourth-order valence-corrected chi connectivity index (χ4v) is 3.04. The molecule has 6 heteroatoms. The van der Waals surface area contributed by atoms with E-state index >= 15 is 0 Å². The first-order valence-corrected chi connectivity index (χ1v) is 8.48. The maximum absolute atomic E-state index is 5.84. The van der Waals surface area contributed by atoms with Gasteiger partial charge in [0.25, 0.3) is 0 Å². The molecule has 1 rings (SSSR count). The predicted octanol–water partition coefficient (Wildman–Crippen LogP) is 3.66. The first-order valence-electron chi connectivity index (χ1n) is 7.66. The van der Waals surface area contributed by atoms with Crippen molar-refractivity contribution in [3.05, 3.63) is 15.6 Å². The van der Waals surface area contributed by atoms with Crippen molar-refractivity contribution in [1.29, 1.82) is 0 Å². The second kappa shape index (κ2) is 12.2. The zero-order chi connectivity index (χ0) is 14.8. The van der Waals surface area contributed by atoms with Crippen LogP contribution in [0.1, 0.15) is 55.1 Å². The number of unbranched alkanes of at least 4 members (excludes halogenated alkanes) is 3. The fourth-order valence-electron chi connectivity index (χ4n) is 2.01. The summed E-state index contributed by atoms with van der Waals surface area (Å²) in [5, 5.41) is 4.35. The maximum atomic E-state index is 5.84. The lowest BCUT2D eigenvalue weighted by molar-refractivity contribution is 0.673. The van der Waals surface area contributed by atoms with Crippen LogP contribution in [0.5, 0.6) is 0 Å². The monoisotopic (exact) mass is 424 g/mol. The number of thiazole rings is 1. The molecule has 0 saturated heterocycles. The SMILES string of the molecule is CCCCCCN=C(N)NCCc1nc(CC)c(C)s1.I. The van der Waals surface area contributed by atoms with Crippen molar-refractivity contribution in [2.45, 2.75) is 59.3 Å². The Labute approximate surface area is 150 Å². The smallest absolute Gasteiger partial charge is 0.188 e. The molecule has 0 amide bonds. The predicted molar refractivity (Wildman–Crippen MR) is 104 cm³/mol. The van der Waals surface area contributed by atoms with E-state index in [1.165, 1.54) is 34.8 Å². The minimum absolute atomic E-state index is 0. The first kappa shape index (κ1) is 20.6. The Morgan fingerprint density at radius 2 is 2.05 bits per heavy atom. The number of aliphatic imine (C=N–C) groups is 1. The molecule has 0 aliphatic carbocycles. The van der Waals surface area contributed by atoms with Gasteiger partial charge in [0.15, 0.2) is 5.96 Å². The number of nitrogens with one attached hydrogen (secondary N) is 1. The van der Waals surface area contributed by atoms with E-state index in [1.54, 1.807) is 11.3 Å². The van der Waals surface area contributed by atoms with Crippen LogP contribution in [0.2, 0.25) is 0 Å². The molecule has 0 bridgehead atoms. The molecular formula is C15H29IN4S. The van der Waals surface area contributed by atoms with E-state index in [1.807, 2.05) is 0 Å². The van der Waals surface area contributed by atoms with Gasteiger partial charge in [0, 0.05) is 24.4 Å². The summed E-state index contributed by atoms with van der Waals surface area (Å²) in [7, 11) is 0. The van der Waals surface area contributed by atoms with E-state index in [4.69, 9.17) is 5.73 Å². The van der Waals surface area contributed by atoms with Crippen LogP contribution in [0, 0.1) is 6.92 Å². The highest BCUT2D eigenvalue weighted by Gasteiger charge is 2.05. The van der Waals surface area contributed by atoms with Crippen LogP contribution in [0.3, 0.4) is 0 Å². The van der Waals surface area contributed by atoms with Gasteiger partial charge in [0.2, 0.25) is 0 Å². The minimum Gasteiger partial charge on any atom is -0.370 e. The number of hydrogen-bond donors (Lipinski definition) is 2. The van der Waals surface area contributed by atoms with Gasteiger partial charge in [0.05, 0.1) is 10.7 Å². The standard InChI is InChI=1S/C15H28N4S.HI/c1-4-6-7-8-10-17-15(16)18-11-9-14-19-13(5-2)12(3)20-14;/h4-11H2,1-3H3,(H3,16,17,18);1H. The van der Waals surface area contributed by atoms with Crippen molar-refractivity contribution in [2.24, 2.45) is 10.7 Å². The molecule has 0 unspecified atom stereocenters. The molecule has 122 valence electrons. The molecule has 0 aliphatic rings. The largest absolute Gasteiger partial charge is 0.370 e. The molecule has 0 radical (unpaired) electrons. The average molecular weight is 424 g/mol. The summed E-state index contributed by atoms with van der Waals surface area (Å²) in [4.78, 5) is 10.3. The number of nitrogens with zero attached hydrogens (tertiary/aromatic N) is 2. The number of aromatic nitrogens is 1. The summed E-state index contributed by atoms with van der Waals surface area (Å²) in [6, 6.07) is 0. The van der Waals surface area contributed by atoms with E-state index in [-0.39, 0.29) is 24.0 Å². The van der Waals surface area contributed by atoms with Gasteiger partial charge in [-0.25, -0.2) is 4.98 Å². The number of rotatable bonds is 9. The Bertz CT molecular complexity index is 418. The van der Waals surface area contributed by atoms with Crippen molar-refractivity contribution in [3.8, 4) is 0 Å². The van der Waals surface area contributed by atoms with Crippen molar-refractivity contribution in [2.75, 3.05) is 13.1 Å². The van der Waals surface area contributed by atoms with Gasteiger partial charge < -0.3 is 11.1 Å². The van der Waals surface area contributed by atoms with Crippen LogP contribution >= 0.6 is 35.3 Å². The first-order chi connectivity index (χ1) is 9.67. The van der Waals surface area contributed by atoms with Crippen LogP contribution in [-0.2, 0) is 12.8 Å². The van der Waals surface area contributed by atoms with Crippen molar-refractivity contribution >= 4 is 41.3 Å². The summed E-state index contributed by atoms with van der Waals surface area (Å²) < 4.78 is 0. The van der Waals surface area contributed by atoms with E-state index < -0.39 is 0 Å². The molecule has 1 aromatic rings. The normalized spacial score (nSPS) is 11.3. The van der Waals surface area contributed by atoms with Crippen LogP contribution in [0.15, 0.2) is 4.99 Å². The van der Waals surface area contributed by atoms with Gasteiger partial charge in [-0.2, -0.15) is 0 Å². The zero-order valence-electron chi connectivity index (χ0n) is 13.4. The summed E-state index contributed by atoms with van der Waals surface area (Å²) in [5.41, 5.74) is 7.06. The summed E-state index contributed by atoms with van der Waals surface area (Å²) in [6.07, 6.45) is 6.83. The lowest BCUT2D eigenvalue weighted by atomic mass is 10.2. The number of nitrogens with two attached hydrogens (primary N) is 1. The summed E-state index contributed by atoms with van der Waals surface area (Å²) >= 11 is 1.79. The quantitative estimate of drug-likeness (QED) is 0.275. The second-order valence-electron chi connectivity index (χ2n) is 4.97. The van der Waals surface area contributed by atoms with Crippen LogP contribution in [-0.4, -0.2) is 24.0 Å². The summed E-state index contributed by atoms with van der Waals surface area (Å²) in [6.45, 7) is 8.13. The molecule has 0 atom stereocenters. The highest BCUT2D eigenvalue weighted by molar-refractivity contribution is 14.0. The van der Waals surface area contributed by atoms with Gasteiger partial charge in [-0.15, -0.1) is 35.3 Å². The molecule has 0 aromatic carbocycles. The van der Waals surface area contributed by atoms with Gasteiger partial charge >= 0.3 is 0 Å². The molecule has 3 N–H and O–H groups in total. The highest BCUT2D eigenvalue weighted by atomic mass is 127. The Morgan fingerprint density at radius 1 is 1.29 bits per heavy atom.